The molecule has 0 aliphatic carbocycles. The van der Waals surface area contributed by atoms with Crippen LogP contribution in [0, 0.1) is 11.8 Å². The molecule has 0 aromatic heterocycles. The standard InChI is InChI=1S/C69H104N20O29/c1-28(2)19-37(83-65(113)44-9-8-18-89(44)68(116)31(6)77-49(96)26-75-58(106)42(24-52(100)101)82-59(107)35(14-16-45(71)92)78-50(97)27-76-57(105)41(23-51(98)99)80-56(104)30(5)70)61(109)81-39(21-47(73)94)63(111)79-36(15-17-46(72)93)60(108)87-54(29(3)4)66(114)85-40(22-48(74)95)64(112)88-55(32(7)90)67(115)84-38(20-33-10-12-34(91)13-11-33)62(110)86-43(69(117)118)25-53(102)103/h10-13,28-32,35-44,54-55,90-91H,8-9,14-27,70H2,1-7H3,(H2,71,92)(H2,72,93)(H2,73,94)(H2,74,95)(H,75,106)(H,76,105)(H,77,96)(H,78,97)(H,79,111)(H,80,104)(H,81,109)(H,82,107)(H,83,113)(H,84,115)(H,85,114)(H,86,110)(H,87,108)(H,88,112)(H,98,99)(H,100,101)(H,102,103)(H,117,118)/t30-,31-,32+,35-,36-,37-,38-,39-,40-,41-,42-,43-,44-,54-,55-/m0/s1. The van der Waals surface area contributed by atoms with Crippen LogP contribution in [0.3, 0.4) is 0 Å². The summed E-state index contributed by atoms with van der Waals surface area (Å²) in [5, 5.41) is 89.0. The van der Waals surface area contributed by atoms with Crippen LogP contribution >= 0.6 is 0 Å². The summed E-state index contributed by atoms with van der Waals surface area (Å²) in [4.78, 5) is 301. The molecule has 1 aliphatic heterocycles. The topological polar surface area (TPSA) is 816 Å². The van der Waals surface area contributed by atoms with E-state index >= 15 is 0 Å². The fraction of sp³-hybridized carbons (Fsp3) is 0.580. The van der Waals surface area contributed by atoms with Crippen LogP contribution in [0.5, 0.6) is 5.75 Å². The van der Waals surface area contributed by atoms with Gasteiger partial charge in [0.1, 0.15) is 84.3 Å². The second-order valence-electron chi connectivity index (χ2n) is 28.3. The van der Waals surface area contributed by atoms with Crippen molar-refractivity contribution in [1.29, 1.82) is 0 Å². The Labute approximate surface area is 672 Å². The largest absolute Gasteiger partial charge is 0.508 e. The average molecular weight is 1680 g/mol. The van der Waals surface area contributed by atoms with Gasteiger partial charge in [-0.15, -0.1) is 0 Å². The molecule has 118 heavy (non-hydrogen) atoms. The van der Waals surface area contributed by atoms with Gasteiger partial charge in [-0.25, -0.2) is 4.79 Å². The van der Waals surface area contributed by atoms with Crippen molar-refractivity contribution in [2.24, 2.45) is 40.5 Å². The molecule has 1 aromatic carbocycles. The van der Waals surface area contributed by atoms with Crippen molar-refractivity contribution in [1.82, 2.24) is 79.3 Å². The maximum Gasteiger partial charge on any atom is 0.326 e. The number of aliphatic hydroxyl groups excluding tert-OH is 1. The minimum atomic E-state index is -2.07. The van der Waals surface area contributed by atoms with Gasteiger partial charge < -0.3 is 139 Å². The van der Waals surface area contributed by atoms with Gasteiger partial charge in [0, 0.05) is 25.8 Å². The molecule has 49 heteroatoms. The number of carboxylic acids is 4. The predicted molar refractivity (Wildman–Crippen MR) is 400 cm³/mol. The summed E-state index contributed by atoms with van der Waals surface area (Å²) in [5.74, 6) is -30.5. The summed E-state index contributed by atoms with van der Waals surface area (Å²) >= 11 is 0. The third kappa shape index (κ3) is 36.5. The number of nitrogens with zero attached hydrogens (tertiary/aromatic N) is 1. The number of aromatic hydroxyl groups is 1. The first-order valence-electron chi connectivity index (χ1n) is 36.6. The summed E-state index contributed by atoms with van der Waals surface area (Å²) in [5.41, 5.74) is 27.3. The summed E-state index contributed by atoms with van der Waals surface area (Å²) in [7, 11) is 0. The molecule has 0 saturated carbocycles. The predicted octanol–water partition coefficient (Wildman–Crippen LogP) is -11.8. The molecule has 1 aliphatic rings. The minimum Gasteiger partial charge on any atom is -0.508 e. The maximum atomic E-state index is 14.3. The maximum absolute atomic E-state index is 14.3. The molecule has 15 atom stereocenters. The Kier molecular flexibility index (Phi) is 41.7. The molecule has 1 aromatic rings. The molecule has 654 valence electrons. The van der Waals surface area contributed by atoms with Gasteiger partial charge in [0.25, 0.3) is 0 Å². The van der Waals surface area contributed by atoms with E-state index < -0.39 is 316 Å². The van der Waals surface area contributed by atoms with Gasteiger partial charge in [0.05, 0.1) is 57.3 Å². The van der Waals surface area contributed by atoms with Crippen LogP contribution in [0.15, 0.2) is 24.3 Å². The lowest BCUT2D eigenvalue weighted by atomic mass is 10.0. The van der Waals surface area contributed by atoms with E-state index in [9.17, 15) is 141 Å². The number of phenolic OH excluding ortho intramolecular Hbond substituents is 1. The third-order valence-corrected chi connectivity index (χ3v) is 17.2. The van der Waals surface area contributed by atoms with Gasteiger partial charge in [-0.2, -0.15) is 0 Å². The van der Waals surface area contributed by atoms with Gasteiger partial charge in [-0.05, 0) is 82.4 Å². The highest BCUT2D eigenvalue weighted by Crippen LogP contribution is 2.21. The molecule has 1 saturated heterocycles. The molecule has 0 radical (unpaired) electrons. The molecule has 0 spiro atoms. The number of aliphatic hydroxyl groups is 1. The van der Waals surface area contributed by atoms with Crippen LogP contribution in [-0.4, -0.2) is 282 Å². The number of aliphatic carboxylic acids is 4. The van der Waals surface area contributed by atoms with E-state index in [1.165, 1.54) is 52.0 Å². The molecule has 30 N–H and O–H groups in total. The number of nitrogens with one attached hydrogen (secondary N) is 14. The smallest absolute Gasteiger partial charge is 0.326 e. The fourth-order valence-corrected chi connectivity index (χ4v) is 11.2. The minimum absolute atomic E-state index is 0.0259. The highest BCUT2D eigenvalue weighted by molar-refractivity contribution is 6.02. The van der Waals surface area contributed by atoms with Gasteiger partial charge in [0.2, 0.25) is 112 Å². The van der Waals surface area contributed by atoms with Crippen LogP contribution in [0.25, 0.3) is 0 Å². The van der Waals surface area contributed by atoms with Crippen LogP contribution in [0.2, 0.25) is 0 Å². The van der Waals surface area contributed by atoms with Gasteiger partial charge in [-0.1, -0.05) is 39.8 Å². The summed E-state index contributed by atoms with van der Waals surface area (Å²) in [6, 6.07) is -19.6. The molecular weight excluding hydrogens is 1570 g/mol. The van der Waals surface area contributed by atoms with Crippen LogP contribution in [0.4, 0.5) is 0 Å². The van der Waals surface area contributed by atoms with Crippen LogP contribution in [0.1, 0.15) is 131 Å². The van der Waals surface area contributed by atoms with E-state index in [4.69, 9.17) is 28.7 Å². The average Bonchev–Trinajstić information content (AvgIpc) is 1.11. The van der Waals surface area contributed by atoms with Crippen LogP contribution in [-0.2, 0) is 117 Å². The lowest BCUT2D eigenvalue weighted by Crippen LogP contribution is -2.62. The molecule has 0 unspecified atom stereocenters. The Morgan fingerprint density at radius 1 is 0.424 bits per heavy atom. The lowest BCUT2D eigenvalue weighted by Gasteiger charge is -2.30. The van der Waals surface area contributed by atoms with Crippen molar-refractivity contribution in [2.45, 2.75) is 223 Å². The van der Waals surface area contributed by atoms with Gasteiger partial charge in [0.15, 0.2) is 0 Å². The van der Waals surface area contributed by atoms with E-state index in [0.717, 1.165) is 11.8 Å². The molecule has 1 heterocycles. The van der Waals surface area contributed by atoms with Crippen molar-refractivity contribution in [3.63, 3.8) is 0 Å². The van der Waals surface area contributed by atoms with E-state index in [-0.39, 0.29) is 37.1 Å². The number of rotatable bonds is 52. The monoisotopic (exact) mass is 1680 g/mol. The van der Waals surface area contributed by atoms with Crippen molar-refractivity contribution < 1.29 is 141 Å². The Morgan fingerprint density at radius 2 is 0.805 bits per heavy atom. The second kappa shape index (κ2) is 48.8. The molecule has 49 nitrogen and oxygen atoms in total. The number of phenols is 1. The molecule has 2 rings (SSSR count). The summed E-state index contributed by atoms with van der Waals surface area (Å²) in [6.45, 7) is 7.34. The zero-order valence-corrected chi connectivity index (χ0v) is 65.3. The van der Waals surface area contributed by atoms with Crippen LogP contribution < -0.4 is 103 Å². The first-order chi connectivity index (χ1) is 54.9. The van der Waals surface area contributed by atoms with Gasteiger partial charge in [-0.3, -0.25) is 105 Å². The normalized spacial score (nSPS) is 15.8. The number of amides is 19. The quantitative estimate of drug-likeness (QED) is 0.0288. The fourth-order valence-electron chi connectivity index (χ4n) is 11.2. The Balaban J connectivity index is 2.33. The number of carboxylic acid groups (broad SMARTS) is 4. The number of primary amides is 4. The Bertz CT molecular complexity index is 3900. The zero-order chi connectivity index (χ0) is 89.9. The van der Waals surface area contributed by atoms with E-state index in [1.807, 2.05) is 5.32 Å². The number of carbonyl (C=O) groups excluding carboxylic acids is 19. The van der Waals surface area contributed by atoms with Crippen molar-refractivity contribution in [2.75, 3.05) is 19.6 Å². The van der Waals surface area contributed by atoms with Crippen molar-refractivity contribution in [3.8, 4) is 5.75 Å². The number of benzene rings is 1. The first-order valence-corrected chi connectivity index (χ1v) is 36.6. The van der Waals surface area contributed by atoms with Gasteiger partial charge >= 0.3 is 23.9 Å². The summed E-state index contributed by atoms with van der Waals surface area (Å²) in [6.07, 6.45) is -10.0. The zero-order valence-electron chi connectivity index (χ0n) is 65.3. The highest BCUT2D eigenvalue weighted by Gasteiger charge is 2.42. The molecule has 1 fully saturated rings. The molecular formula is C69H104N20O29. The number of hydrogen-bond acceptors (Lipinski definition) is 26. The van der Waals surface area contributed by atoms with Crippen molar-refractivity contribution in [3.05, 3.63) is 29.8 Å². The lowest BCUT2D eigenvalue weighted by molar-refractivity contribution is -0.147. The Morgan fingerprint density at radius 3 is 1.25 bits per heavy atom. The first kappa shape index (κ1) is 101. The summed E-state index contributed by atoms with van der Waals surface area (Å²) < 4.78 is 0. The van der Waals surface area contributed by atoms with E-state index in [2.05, 4.69) is 69.1 Å². The number of carbonyl (C=O) groups is 23. The highest BCUT2D eigenvalue weighted by atomic mass is 16.4. The second-order valence-corrected chi connectivity index (χ2v) is 28.3. The SMILES string of the molecule is CC(C)C[C@H](NC(=O)[C@@H]1CCCN1C(=O)[C@H](C)NC(=O)CNC(=O)[C@H](CC(=O)O)NC(=O)[C@H](CCC(N)=O)NC(=O)CNC(=O)[C@H](CC(=O)O)NC(=O)[C@H](C)N)C(=O)N[C@@H](CC(N)=O)C(=O)N[C@@H](CCC(N)=O)C(=O)N[C@H](C(=O)N[C@@H](CC(N)=O)C(=O)N[C@H](C(=O)N[C@@H](Cc1ccc(O)cc1)C(=O)N[C@@H](CC(=O)O)C(=O)O)[C@@H](C)O)C(C)C. The molecule has 0 bridgehead atoms. The number of nitrogens with two attached hydrogens (primary N) is 5. The number of likely N-dealkylation sites (tertiary alicyclic amines) is 1. The molecule has 19 amide bonds. The Hall–Kier alpha value is -13.2. The van der Waals surface area contributed by atoms with E-state index in [0.29, 0.717) is 0 Å². The van der Waals surface area contributed by atoms with Crippen molar-refractivity contribution >= 4 is 136 Å². The third-order valence-electron chi connectivity index (χ3n) is 17.2. The van der Waals surface area contributed by atoms with E-state index in [1.54, 1.807) is 13.8 Å². The number of hydrogen-bond donors (Lipinski definition) is 25.